The lowest BCUT2D eigenvalue weighted by molar-refractivity contribution is 0.0948. The molecule has 0 fully saturated rings. The Morgan fingerprint density at radius 1 is 1.30 bits per heavy atom. The predicted octanol–water partition coefficient (Wildman–Crippen LogP) is 1.72. The molecule has 2 rings (SSSR count). The Bertz CT molecular complexity index is 618. The molecule has 0 unspecified atom stereocenters. The topological polar surface area (TPSA) is 89.3 Å². The Morgan fingerprint density at radius 2 is 2.09 bits per heavy atom. The number of carbonyl (C=O) groups excluding carboxylic acids is 1. The zero-order valence-electron chi connectivity index (χ0n) is 13.2. The minimum atomic E-state index is -0.156. The average molecular weight is 341 g/mol. The molecule has 2 N–H and O–H groups in total. The third kappa shape index (κ3) is 5.88. The van der Waals surface area contributed by atoms with Gasteiger partial charge in [-0.05, 0) is 32.1 Å². The lowest BCUT2D eigenvalue weighted by atomic mass is 10.2. The molecule has 126 valence electrons. The number of aryl methyl sites for hydroxylation is 1. The summed E-state index contributed by atoms with van der Waals surface area (Å²) in [7, 11) is 1.88. The van der Waals surface area contributed by atoms with Crippen molar-refractivity contribution in [2.45, 2.75) is 20.0 Å². The van der Waals surface area contributed by atoms with Crippen molar-refractivity contribution in [1.82, 2.24) is 20.8 Å². The molecule has 0 aliphatic carbocycles. The molecule has 0 spiro atoms. The van der Waals surface area contributed by atoms with Gasteiger partial charge in [-0.2, -0.15) is 4.98 Å². The lowest BCUT2D eigenvalue weighted by Gasteiger charge is -2.10. The van der Waals surface area contributed by atoms with Gasteiger partial charge >= 0.3 is 0 Å². The predicted molar refractivity (Wildman–Crippen MR) is 87.9 cm³/mol. The van der Waals surface area contributed by atoms with Crippen LogP contribution in [0.5, 0.6) is 5.75 Å². The van der Waals surface area contributed by atoms with Crippen molar-refractivity contribution in [1.29, 1.82) is 0 Å². The van der Waals surface area contributed by atoms with Gasteiger partial charge in [0.1, 0.15) is 5.75 Å². The number of nitrogens with zero attached hydrogens (tertiary/aromatic N) is 2. The first kappa shape index (κ1) is 18.9. The smallest absolute Gasteiger partial charge is 0.255 e. The first-order valence-corrected chi connectivity index (χ1v) is 7.14. The fourth-order valence-corrected chi connectivity index (χ4v) is 1.88. The minimum Gasteiger partial charge on any atom is -0.485 e. The molecular weight excluding hydrogens is 320 g/mol. The van der Waals surface area contributed by atoms with Crippen molar-refractivity contribution >= 4 is 18.3 Å². The highest BCUT2D eigenvalue weighted by Crippen LogP contribution is 2.18. The molecule has 0 bridgehead atoms. The van der Waals surface area contributed by atoms with E-state index in [1.165, 1.54) is 0 Å². The summed E-state index contributed by atoms with van der Waals surface area (Å²) in [4.78, 5) is 16.2. The van der Waals surface area contributed by atoms with Crippen LogP contribution in [0, 0.1) is 6.92 Å². The number of hydrogen-bond donors (Lipinski definition) is 2. The van der Waals surface area contributed by atoms with Crippen LogP contribution in [0.3, 0.4) is 0 Å². The van der Waals surface area contributed by atoms with E-state index < -0.39 is 0 Å². The maximum Gasteiger partial charge on any atom is 0.255 e. The highest BCUT2D eigenvalue weighted by Gasteiger charge is 2.12. The maximum atomic E-state index is 12.2. The number of ether oxygens (including phenoxy) is 1. The highest BCUT2D eigenvalue weighted by atomic mass is 35.5. The van der Waals surface area contributed by atoms with Gasteiger partial charge in [-0.15, -0.1) is 12.4 Å². The minimum absolute atomic E-state index is 0. The van der Waals surface area contributed by atoms with E-state index in [2.05, 4.69) is 20.8 Å². The molecule has 1 heterocycles. The van der Waals surface area contributed by atoms with Crippen LogP contribution in [-0.4, -0.2) is 36.2 Å². The summed E-state index contributed by atoms with van der Waals surface area (Å²) >= 11 is 0. The molecule has 0 atom stereocenters. The van der Waals surface area contributed by atoms with E-state index in [4.69, 9.17) is 9.26 Å². The van der Waals surface area contributed by atoms with Gasteiger partial charge in [0.2, 0.25) is 11.7 Å². The Labute approximate surface area is 141 Å². The fraction of sp³-hybridized carbons (Fsp3) is 0.400. The quantitative estimate of drug-likeness (QED) is 0.711. The SMILES string of the molecule is CNCCCNC(=O)c1ccccc1OCc1noc(C)n1.Cl. The van der Waals surface area contributed by atoms with Crippen molar-refractivity contribution in [2.24, 2.45) is 0 Å². The van der Waals surface area contributed by atoms with Crippen LogP contribution < -0.4 is 15.4 Å². The first-order chi connectivity index (χ1) is 10.7. The molecule has 0 aliphatic heterocycles. The summed E-state index contributed by atoms with van der Waals surface area (Å²) in [5.41, 5.74) is 0.493. The van der Waals surface area contributed by atoms with E-state index in [0.29, 0.717) is 29.6 Å². The van der Waals surface area contributed by atoms with E-state index in [1.807, 2.05) is 13.1 Å². The Kier molecular flexibility index (Phi) is 8.07. The Morgan fingerprint density at radius 3 is 2.78 bits per heavy atom. The van der Waals surface area contributed by atoms with Crippen molar-refractivity contribution in [3.8, 4) is 5.75 Å². The van der Waals surface area contributed by atoms with Crippen molar-refractivity contribution < 1.29 is 14.1 Å². The number of amides is 1. The molecule has 1 amide bonds. The summed E-state index contributed by atoms with van der Waals surface area (Å²) in [6.07, 6.45) is 0.868. The van der Waals surface area contributed by atoms with Crippen molar-refractivity contribution in [3.05, 3.63) is 41.5 Å². The molecule has 1 aromatic heterocycles. The van der Waals surface area contributed by atoms with Crippen LogP contribution in [0.4, 0.5) is 0 Å². The number of rotatable bonds is 8. The van der Waals surface area contributed by atoms with Crippen LogP contribution in [0.25, 0.3) is 0 Å². The highest BCUT2D eigenvalue weighted by molar-refractivity contribution is 5.96. The van der Waals surface area contributed by atoms with Gasteiger partial charge in [0.05, 0.1) is 5.56 Å². The van der Waals surface area contributed by atoms with Gasteiger partial charge in [0.15, 0.2) is 6.61 Å². The van der Waals surface area contributed by atoms with Crippen molar-refractivity contribution in [2.75, 3.05) is 20.1 Å². The standard InChI is InChI=1S/C15H20N4O3.ClH/c1-11-18-14(19-22-11)10-21-13-7-4-3-6-12(13)15(20)17-9-5-8-16-2;/h3-4,6-7,16H,5,8-10H2,1-2H3,(H,17,20);1H. The normalized spacial score (nSPS) is 10.0. The molecule has 1 aromatic carbocycles. The van der Waals surface area contributed by atoms with Gasteiger partial charge in [-0.25, -0.2) is 0 Å². The second kappa shape index (κ2) is 9.81. The van der Waals surface area contributed by atoms with E-state index >= 15 is 0 Å². The number of para-hydroxylation sites is 1. The molecule has 8 heteroatoms. The number of benzene rings is 1. The molecule has 23 heavy (non-hydrogen) atoms. The van der Waals surface area contributed by atoms with Crippen molar-refractivity contribution in [3.63, 3.8) is 0 Å². The zero-order chi connectivity index (χ0) is 15.8. The number of carbonyl (C=O) groups is 1. The molecule has 7 nitrogen and oxygen atoms in total. The number of hydrogen-bond acceptors (Lipinski definition) is 6. The van der Waals surface area contributed by atoms with E-state index in [1.54, 1.807) is 25.1 Å². The summed E-state index contributed by atoms with van der Waals surface area (Å²) in [5.74, 6) is 1.27. The summed E-state index contributed by atoms with van der Waals surface area (Å²) in [6.45, 7) is 3.33. The van der Waals surface area contributed by atoms with Gasteiger partial charge in [0, 0.05) is 13.5 Å². The molecule has 2 aromatic rings. The van der Waals surface area contributed by atoms with Gasteiger partial charge in [-0.3, -0.25) is 4.79 Å². The van der Waals surface area contributed by atoms with Crippen LogP contribution in [0.2, 0.25) is 0 Å². The van der Waals surface area contributed by atoms with Crippen LogP contribution in [-0.2, 0) is 6.61 Å². The van der Waals surface area contributed by atoms with Crippen LogP contribution in [0.1, 0.15) is 28.5 Å². The molecule has 0 radical (unpaired) electrons. The monoisotopic (exact) mass is 340 g/mol. The summed E-state index contributed by atoms with van der Waals surface area (Å²) < 4.78 is 10.5. The average Bonchev–Trinajstić information content (AvgIpc) is 2.95. The number of halogens is 1. The van der Waals surface area contributed by atoms with E-state index in [9.17, 15) is 4.79 Å². The van der Waals surface area contributed by atoms with Crippen LogP contribution >= 0.6 is 12.4 Å². The second-order valence-electron chi connectivity index (χ2n) is 4.73. The van der Waals surface area contributed by atoms with E-state index in [-0.39, 0.29) is 24.9 Å². The Hall–Kier alpha value is -2.12. The van der Waals surface area contributed by atoms with Gasteiger partial charge in [0.25, 0.3) is 5.91 Å². The number of aromatic nitrogens is 2. The summed E-state index contributed by atoms with van der Waals surface area (Å²) in [6, 6.07) is 7.09. The Balaban J connectivity index is 0.00000264. The summed E-state index contributed by atoms with van der Waals surface area (Å²) in [5, 5.41) is 9.66. The maximum absolute atomic E-state index is 12.2. The van der Waals surface area contributed by atoms with Gasteiger partial charge in [-0.1, -0.05) is 17.3 Å². The molecule has 0 aliphatic rings. The lowest BCUT2D eigenvalue weighted by Crippen LogP contribution is -2.27. The largest absolute Gasteiger partial charge is 0.485 e. The van der Waals surface area contributed by atoms with E-state index in [0.717, 1.165) is 13.0 Å². The third-order valence-electron chi connectivity index (χ3n) is 2.95. The zero-order valence-corrected chi connectivity index (χ0v) is 14.0. The molecular formula is C15H21ClN4O3. The molecule has 0 saturated carbocycles. The first-order valence-electron chi connectivity index (χ1n) is 7.14. The third-order valence-corrected chi connectivity index (χ3v) is 2.95. The van der Waals surface area contributed by atoms with Gasteiger partial charge < -0.3 is 19.9 Å². The molecule has 0 saturated heterocycles. The van der Waals surface area contributed by atoms with Crippen LogP contribution in [0.15, 0.2) is 28.8 Å². The number of nitrogens with one attached hydrogen (secondary N) is 2. The second-order valence-corrected chi connectivity index (χ2v) is 4.73. The fourth-order valence-electron chi connectivity index (χ4n) is 1.88.